The molecule has 0 heterocycles. The van der Waals surface area contributed by atoms with Gasteiger partial charge in [0.05, 0.1) is 25.1 Å². The van der Waals surface area contributed by atoms with Crippen molar-refractivity contribution < 1.29 is 17.9 Å². The summed E-state index contributed by atoms with van der Waals surface area (Å²) in [4.78, 5) is 12.7. The monoisotopic (exact) mass is 390 g/mol. The Bertz CT molecular complexity index is 925. The molecule has 0 unspecified atom stereocenters. The van der Waals surface area contributed by atoms with Gasteiger partial charge in [-0.3, -0.25) is 9.10 Å². The van der Waals surface area contributed by atoms with E-state index in [0.29, 0.717) is 11.3 Å². The number of anilines is 1. The number of aryl methyl sites for hydroxylation is 1. The molecule has 1 N–H and O–H groups in total. The molecule has 0 aliphatic carbocycles. The maximum Gasteiger partial charge on any atom is 0.251 e. The number of rotatable bonds is 7. The lowest BCUT2D eigenvalue weighted by Crippen LogP contribution is -2.29. The van der Waals surface area contributed by atoms with Crippen molar-refractivity contribution in [2.75, 3.05) is 24.7 Å². The highest BCUT2D eigenvalue weighted by Gasteiger charge is 2.17. The fraction of sp³-hybridized carbons (Fsp3) is 0.350. The highest BCUT2D eigenvalue weighted by Crippen LogP contribution is 2.25. The van der Waals surface area contributed by atoms with Crippen molar-refractivity contribution in [2.45, 2.75) is 26.3 Å². The molecule has 0 fully saturated rings. The van der Waals surface area contributed by atoms with Crippen LogP contribution in [0, 0.1) is 6.92 Å². The third-order valence-corrected chi connectivity index (χ3v) is 5.71. The number of hydrogen-bond acceptors (Lipinski definition) is 4. The summed E-state index contributed by atoms with van der Waals surface area (Å²) in [7, 11) is -0.304. The van der Waals surface area contributed by atoms with E-state index in [0.717, 1.165) is 33.9 Å². The van der Waals surface area contributed by atoms with E-state index in [4.69, 9.17) is 4.74 Å². The molecule has 0 aliphatic heterocycles. The molecule has 146 valence electrons. The van der Waals surface area contributed by atoms with Gasteiger partial charge in [-0.15, -0.1) is 0 Å². The van der Waals surface area contributed by atoms with Gasteiger partial charge in [-0.25, -0.2) is 8.42 Å². The van der Waals surface area contributed by atoms with Crippen molar-refractivity contribution in [1.82, 2.24) is 5.32 Å². The molecule has 6 nitrogen and oxygen atoms in total. The lowest BCUT2D eigenvalue weighted by atomic mass is 10.0. The van der Waals surface area contributed by atoms with Crippen molar-refractivity contribution in [3.8, 4) is 5.75 Å². The topological polar surface area (TPSA) is 75.7 Å². The molecule has 7 heteroatoms. The van der Waals surface area contributed by atoms with Crippen LogP contribution in [0.3, 0.4) is 0 Å². The summed E-state index contributed by atoms with van der Waals surface area (Å²) in [5.41, 5.74) is 2.85. The van der Waals surface area contributed by atoms with E-state index >= 15 is 0 Å². The van der Waals surface area contributed by atoms with Crippen LogP contribution in [0.2, 0.25) is 0 Å². The Morgan fingerprint density at radius 2 is 1.93 bits per heavy atom. The fourth-order valence-corrected chi connectivity index (χ4v) is 3.31. The first-order chi connectivity index (χ1) is 12.7. The summed E-state index contributed by atoms with van der Waals surface area (Å²) in [5, 5.41) is 3.02. The average molecular weight is 391 g/mol. The SMILES string of the molecule is CC[C@@H](NC(=O)c1cccc(N(C)S(C)(=O)=O)c1)c1ccc(OC)c(C)c1. The normalized spacial score (nSPS) is 12.3. The first-order valence-corrected chi connectivity index (χ1v) is 10.5. The summed E-state index contributed by atoms with van der Waals surface area (Å²) in [6.07, 6.45) is 1.85. The van der Waals surface area contributed by atoms with E-state index in [1.54, 1.807) is 31.4 Å². The number of nitrogens with one attached hydrogen (secondary N) is 1. The van der Waals surface area contributed by atoms with Crippen LogP contribution in [0.4, 0.5) is 5.69 Å². The van der Waals surface area contributed by atoms with E-state index in [9.17, 15) is 13.2 Å². The number of hydrogen-bond donors (Lipinski definition) is 1. The second kappa shape index (κ2) is 8.43. The molecule has 0 saturated heterocycles. The summed E-state index contributed by atoms with van der Waals surface area (Å²) in [6, 6.07) is 12.2. The Hall–Kier alpha value is -2.54. The number of methoxy groups -OCH3 is 1. The molecule has 0 bridgehead atoms. The molecule has 0 saturated carbocycles. The second-order valence-electron chi connectivity index (χ2n) is 6.44. The van der Waals surface area contributed by atoms with Crippen molar-refractivity contribution in [2.24, 2.45) is 0 Å². The zero-order chi connectivity index (χ0) is 20.2. The van der Waals surface area contributed by atoms with Gasteiger partial charge in [-0.2, -0.15) is 0 Å². The van der Waals surface area contributed by atoms with E-state index in [1.165, 1.54) is 7.05 Å². The quantitative estimate of drug-likeness (QED) is 0.787. The van der Waals surface area contributed by atoms with Crippen LogP contribution in [0.1, 0.15) is 40.9 Å². The van der Waals surface area contributed by atoms with Gasteiger partial charge in [0.2, 0.25) is 10.0 Å². The highest BCUT2D eigenvalue weighted by molar-refractivity contribution is 7.92. The van der Waals surface area contributed by atoms with Gasteiger partial charge in [-0.1, -0.05) is 25.1 Å². The predicted octanol–water partition coefficient (Wildman–Crippen LogP) is 3.28. The number of carbonyl (C=O) groups excluding carboxylic acids is 1. The van der Waals surface area contributed by atoms with Crippen LogP contribution in [-0.2, 0) is 10.0 Å². The lowest BCUT2D eigenvalue weighted by molar-refractivity contribution is 0.0935. The smallest absolute Gasteiger partial charge is 0.251 e. The first kappa shape index (κ1) is 20.8. The van der Waals surface area contributed by atoms with Crippen molar-refractivity contribution >= 4 is 21.6 Å². The summed E-state index contributed by atoms with van der Waals surface area (Å²) in [5.74, 6) is 0.551. The summed E-state index contributed by atoms with van der Waals surface area (Å²) >= 11 is 0. The Labute approximate surface area is 161 Å². The predicted molar refractivity (Wildman–Crippen MR) is 108 cm³/mol. The number of nitrogens with zero attached hydrogens (tertiary/aromatic N) is 1. The molecule has 0 aliphatic rings. The van der Waals surface area contributed by atoms with Gasteiger partial charge >= 0.3 is 0 Å². The van der Waals surface area contributed by atoms with Gasteiger partial charge < -0.3 is 10.1 Å². The standard InChI is InChI=1S/C20H26N2O4S/c1-6-18(15-10-11-19(26-4)14(2)12-15)21-20(23)16-8-7-9-17(13-16)22(3)27(5,24)25/h7-13,18H,6H2,1-5H3,(H,21,23)/t18-/m1/s1. The molecule has 27 heavy (non-hydrogen) atoms. The van der Waals surface area contributed by atoms with Gasteiger partial charge in [-0.05, 0) is 48.7 Å². The molecule has 0 aromatic heterocycles. The minimum absolute atomic E-state index is 0.154. The minimum atomic E-state index is -3.39. The summed E-state index contributed by atoms with van der Waals surface area (Å²) < 4.78 is 29.9. The fourth-order valence-electron chi connectivity index (χ4n) is 2.82. The molecule has 1 atom stereocenters. The van der Waals surface area contributed by atoms with Crippen LogP contribution in [-0.4, -0.2) is 34.7 Å². The maximum atomic E-state index is 12.7. The van der Waals surface area contributed by atoms with Crippen LogP contribution in [0.15, 0.2) is 42.5 Å². The van der Waals surface area contributed by atoms with Gasteiger partial charge in [0.1, 0.15) is 5.75 Å². The van der Waals surface area contributed by atoms with Crippen LogP contribution >= 0.6 is 0 Å². The molecule has 0 radical (unpaired) electrons. The Kier molecular flexibility index (Phi) is 6.49. The summed E-state index contributed by atoms with van der Waals surface area (Å²) in [6.45, 7) is 3.96. The molecule has 1 amide bonds. The number of carbonyl (C=O) groups is 1. The van der Waals surface area contributed by atoms with E-state index < -0.39 is 10.0 Å². The van der Waals surface area contributed by atoms with Gasteiger partial charge in [0, 0.05) is 12.6 Å². The van der Waals surface area contributed by atoms with Gasteiger partial charge in [0.15, 0.2) is 0 Å². The first-order valence-electron chi connectivity index (χ1n) is 8.66. The molecule has 2 aromatic carbocycles. The van der Waals surface area contributed by atoms with Crippen LogP contribution in [0.25, 0.3) is 0 Å². The zero-order valence-corrected chi connectivity index (χ0v) is 17.1. The average Bonchev–Trinajstić information content (AvgIpc) is 2.64. The molecule has 0 spiro atoms. The third-order valence-electron chi connectivity index (χ3n) is 4.50. The van der Waals surface area contributed by atoms with Crippen LogP contribution in [0.5, 0.6) is 5.75 Å². The van der Waals surface area contributed by atoms with Gasteiger partial charge in [0.25, 0.3) is 5.91 Å². The van der Waals surface area contributed by atoms with Crippen LogP contribution < -0.4 is 14.4 Å². The zero-order valence-electron chi connectivity index (χ0n) is 16.3. The Morgan fingerprint density at radius 3 is 2.48 bits per heavy atom. The molecular formula is C20H26N2O4S. The lowest BCUT2D eigenvalue weighted by Gasteiger charge is -2.20. The highest BCUT2D eigenvalue weighted by atomic mass is 32.2. The van der Waals surface area contributed by atoms with E-state index in [1.807, 2.05) is 32.0 Å². The maximum absolute atomic E-state index is 12.7. The van der Waals surface area contributed by atoms with Crippen molar-refractivity contribution in [3.05, 3.63) is 59.2 Å². The third kappa shape index (κ3) is 5.01. The van der Waals surface area contributed by atoms with E-state index in [2.05, 4.69) is 5.32 Å². The largest absolute Gasteiger partial charge is 0.496 e. The van der Waals surface area contributed by atoms with Crippen molar-refractivity contribution in [3.63, 3.8) is 0 Å². The minimum Gasteiger partial charge on any atom is -0.496 e. The van der Waals surface area contributed by atoms with E-state index in [-0.39, 0.29) is 11.9 Å². The number of sulfonamides is 1. The van der Waals surface area contributed by atoms with Crippen molar-refractivity contribution in [1.29, 1.82) is 0 Å². The molecular weight excluding hydrogens is 364 g/mol. The number of ether oxygens (including phenoxy) is 1. The number of benzene rings is 2. The Balaban J connectivity index is 2.23. The number of amides is 1. The Morgan fingerprint density at radius 1 is 1.22 bits per heavy atom. The molecule has 2 rings (SSSR count). The second-order valence-corrected chi connectivity index (χ2v) is 8.46. The molecule has 2 aromatic rings.